The van der Waals surface area contributed by atoms with Gasteiger partial charge in [0.2, 0.25) is 0 Å². The molecule has 0 bridgehead atoms. The lowest BCUT2D eigenvalue weighted by Crippen LogP contribution is -2.28. The Morgan fingerprint density at radius 1 is 1.53 bits per heavy atom. The molecule has 0 unspecified atom stereocenters. The first-order valence-electron chi connectivity index (χ1n) is 4.50. The van der Waals surface area contributed by atoms with Crippen LogP contribution in [0.2, 0.25) is 5.02 Å². The minimum Gasteiger partial charge on any atom is -0.461 e. The van der Waals surface area contributed by atoms with Crippen LogP contribution in [0.3, 0.4) is 0 Å². The molecule has 1 rings (SSSR count). The van der Waals surface area contributed by atoms with Gasteiger partial charge < -0.3 is 4.74 Å². The molecule has 0 aliphatic heterocycles. The van der Waals surface area contributed by atoms with Crippen LogP contribution < -0.4 is 0 Å². The summed E-state index contributed by atoms with van der Waals surface area (Å²) < 4.78 is 44.2. The summed E-state index contributed by atoms with van der Waals surface area (Å²) >= 11 is 8.22. The Morgan fingerprint density at radius 3 is 2.65 bits per heavy atom. The first-order valence-corrected chi connectivity index (χ1v) is 5.67. The second-order valence-corrected chi connectivity index (χ2v) is 4.30. The molecule has 0 N–H and O–H groups in total. The van der Waals surface area contributed by atoms with Gasteiger partial charge in [0.05, 0.1) is 21.7 Å². The number of rotatable bonds is 3. The highest BCUT2D eigenvalue weighted by molar-refractivity contribution is 9.10. The van der Waals surface area contributed by atoms with Crippen molar-refractivity contribution in [3.05, 3.63) is 33.0 Å². The third kappa shape index (κ3) is 2.93. The van der Waals surface area contributed by atoms with E-state index >= 15 is 0 Å². The molecule has 0 radical (unpaired) electrons. The van der Waals surface area contributed by atoms with Crippen molar-refractivity contribution in [3.63, 3.8) is 0 Å². The normalized spacial score (nSPS) is 11.4. The lowest BCUT2D eigenvalue weighted by atomic mass is 10.1. The summed E-state index contributed by atoms with van der Waals surface area (Å²) in [6, 6.07) is 1.46. The summed E-state index contributed by atoms with van der Waals surface area (Å²) in [7, 11) is 0. The van der Waals surface area contributed by atoms with Crippen molar-refractivity contribution in [2.75, 3.05) is 6.61 Å². The third-order valence-corrected chi connectivity index (χ3v) is 2.80. The molecular formula is C10H7BrClF3O2. The predicted octanol–water partition coefficient (Wildman–Crippen LogP) is 3.90. The van der Waals surface area contributed by atoms with Gasteiger partial charge in [0.1, 0.15) is 5.82 Å². The lowest BCUT2D eigenvalue weighted by molar-refractivity contribution is -0.173. The molecule has 0 fully saturated rings. The molecule has 0 saturated carbocycles. The summed E-state index contributed by atoms with van der Waals surface area (Å²) in [6.07, 6.45) is 0. The smallest absolute Gasteiger partial charge is 0.382 e. The number of ether oxygens (including phenoxy) is 1. The van der Waals surface area contributed by atoms with Gasteiger partial charge in [-0.2, -0.15) is 8.78 Å². The maximum absolute atomic E-state index is 13.6. The SMILES string of the molecule is CCOC(=O)C(F)(F)c1cc(Br)c(F)cc1Cl. The summed E-state index contributed by atoms with van der Waals surface area (Å²) in [5.41, 5.74) is -0.800. The number of benzene rings is 1. The molecule has 0 spiro atoms. The van der Waals surface area contributed by atoms with Crippen LogP contribution in [0.25, 0.3) is 0 Å². The van der Waals surface area contributed by atoms with Crippen molar-refractivity contribution in [1.29, 1.82) is 0 Å². The first-order chi connectivity index (χ1) is 7.80. The maximum Gasteiger partial charge on any atom is 0.382 e. The fraction of sp³-hybridized carbons (Fsp3) is 0.300. The van der Waals surface area contributed by atoms with Gasteiger partial charge in [0, 0.05) is 0 Å². The molecular weight excluding hydrogens is 324 g/mol. The Labute approximate surface area is 109 Å². The third-order valence-electron chi connectivity index (χ3n) is 1.88. The monoisotopic (exact) mass is 330 g/mol. The first kappa shape index (κ1) is 14.3. The van der Waals surface area contributed by atoms with Crippen LogP contribution >= 0.6 is 27.5 Å². The van der Waals surface area contributed by atoms with E-state index < -0.39 is 28.3 Å². The van der Waals surface area contributed by atoms with E-state index in [-0.39, 0.29) is 11.1 Å². The van der Waals surface area contributed by atoms with Crippen LogP contribution in [0.5, 0.6) is 0 Å². The van der Waals surface area contributed by atoms with E-state index in [1.54, 1.807) is 0 Å². The number of halogens is 5. The number of esters is 1. The summed E-state index contributed by atoms with van der Waals surface area (Å²) in [6.45, 7) is 1.21. The van der Waals surface area contributed by atoms with Crippen molar-refractivity contribution >= 4 is 33.5 Å². The van der Waals surface area contributed by atoms with Crippen LogP contribution in [0.15, 0.2) is 16.6 Å². The van der Waals surface area contributed by atoms with E-state index in [4.69, 9.17) is 11.6 Å². The van der Waals surface area contributed by atoms with Gasteiger partial charge in [-0.15, -0.1) is 0 Å². The molecule has 1 aromatic carbocycles. The Kier molecular flexibility index (Phi) is 4.43. The Balaban J connectivity index is 3.23. The Morgan fingerprint density at radius 2 is 2.12 bits per heavy atom. The number of alkyl halides is 2. The highest BCUT2D eigenvalue weighted by Crippen LogP contribution is 2.37. The molecule has 0 amide bonds. The van der Waals surface area contributed by atoms with Crippen LogP contribution in [0.4, 0.5) is 13.2 Å². The predicted molar refractivity (Wildman–Crippen MR) is 59.6 cm³/mol. The van der Waals surface area contributed by atoms with Gasteiger partial charge in [-0.25, -0.2) is 9.18 Å². The van der Waals surface area contributed by atoms with Crippen LogP contribution in [0.1, 0.15) is 12.5 Å². The van der Waals surface area contributed by atoms with E-state index in [9.17, 15) is 18.0 Å². The summed E-state index contributed by atoms with van der Waals surface area (Å²) in [4.78, 5) is 11.1. The number of carbonyl (C=O) groups is 1. The zero-order valence-corrected chi connectivity index (χ0v) is 10.9. The molecule has 0 heterocycles. The summed E-state index contributed by atoms with van der Waals surface area (Å²) in [5, 5.41) is -0.538. The molecule has 0 aliphatic carbocycles. The topological polar surface area (TPSA) is 26.3 Å². The highest BCUT2D eigenvalue weighted by atomic mass is 79.9. The van der Waals surface area contributed by atoms with Gasteiger partial charge in [-0.3, -0.25) is 0 Å². The van der Waals surface area contributed by atoms with Crippen LogP contribution in [-0.4, -0.2) is 12.6 Å². The second-order valence-electron chi connectivity index (χ2n) is 3.04. The van der Waals surface area contributed by atoms with Gasteiger partial charge in [0.25, 0.3) is 0 Å². The highest BCUT2D eigenvalue weighted by Gasteiger charge is 2.44. The fourth-order valence-electron chi connectivity index (χ4n) is 1.09. The maximum atomic E-state index is 13.6. The zero-order chi connectivity index (χ0) is 13.2. The van der Waals surface area contributed by atoms with Crippen molar-refractivity contribution in [1.82, 2.24) is 0 Å². The molecule has 7 heteroatoms. The van der Waals surface area contributed by atoms with Gasteiger partial charge in [-0.1, -0.05) is 11.6 Å². The fourth-order valence-corrected chi connectivity index (χ4v) is 1.71. The molecule has 17 heavy (non-hydrogen) atoms. The molecule has 0 saturated heterocycles. The second kappa shape index (κ2) is 5.27. The Bertz CT molecular complexity index is 451. The number of hydrogen-bond donors (Lipinski definition) is 0. The van der Waals surface area contributed by atoms with Crippen molar-refractivity contribution < 1.29 is 22.7 Å². The zero-order valence-electron chi connectivity index (χ0n) is 8.57. The lowest BCUT2D eigenvalue weighted by Gasteiger charge is -2.16. The average molecular weight is 332 g/mol. The minimum absolute atomic E-state index is 0.186. The van der Waals surface area contributed by atoms with Gasteiger partial charge in [0.15, 0.2) is 0 Å². The van der Waals surface area contributed by atoms with E-state index in [2.05, 4.69) is 20.7 Å². The number of carbonyl (C=O) groups excluding carboxylic acids is 1. The Hall–Kier alpha value is -0.750. The molecule has 0 aromatic heterocycles. The van der Waals surface area contributed by atoms with Gasteiger partial charge >= 0.3 is 11.9 Å². The van der Waals surface area contributed by atoms with Crippen LogP contribution in [-0.2, 0) is 15.5 Å². The van der Waals surface area contributed by atoms with E-state index in [0.717, 1.165) is 6.07 Å². The largest absolute Gasteiger partial charge is 0.461 e. The minimum atomic E-state index is -3.91. The molecule has 0 aliphatic rings. The van der Waals surface area contributed by atoms with Crippen molar-refractivity contribution in [3.8, 4) is 0 Å². The van der Waals surface area contributed by atoms with E-state index in [1.165, 1.54) is 6.92 Å². The van der Waals surface area contributed by atoms with Crippen molar-refractivity contribution in [2.24, 2.45) is 0 Å². The van der Waals surface area contributed by atoms with E-state index in [1.807, 2.05) is 0 Å². The van der Waals surface area contributed by atoms with E-state index in [0.29, 0.717) is 6.07 Å². The average Bonchev–Trinajstić information content (AvgIpc) is 2.23. The summed E-state index contributed by atoms with van der Waals surface area (Å²) in [5.74, 6) is -6.43. The standard InChI is InChI=1S/C10H7BrClF3O2/c1-2-17-9(16)10(14,15)5-3-6(11)8(13)4-7(5)12/h3-4H,2H2,1H3. The quantitative estimate of drug-likeness (QED) is 0.620. The molecule has 1 aromatic rings. The van der Waals surface area contributed by atoms with Gasteiger partial charge in [-0.05, 0) is 35.0 Å². The molecule has 94 valence electrons. The molecule has 0 atom stereocenters. The van der Waals surface area contributed by atoms with Crippen molar-refractivity contribution in [2.45, 2.75) is 12.8 Å². The van der Waals surface area contributed by atoms with Crippen LogP contribution in [0, 0.1) is 5.82 Å². The molecule has 2 nitrogen and oxygen atoms in total. The number of hydrogen-bond acceptors (Lipinski definition) is 2.